The van der Waals surface area contributed by atoms with Crippen molar-refractivity contribution in [2.75, 3.05) is 7.05 Å². The Morgan fingerprint density at radius 3 is 2.74 bits per heavy atom. The first-order chi connectivity index (χ1) is 11.2. The summed E-state index contributed by atoms with van der Waals surface area (Å²) < 4.78 is 1.76. The predicted octanol–water partition coefficient (Wildman–Crippen LogP) is 2.50. The fourth-order valence-electron chi connectivity index (χ4n) is 2.29. The van der Waals surface area contributed by atoms with Crippen molar-refractivity contribution in [1.82, 2.24) is 24.4 Å². The molecule has 3 aromatic heterocycles. The van der Waals surface area contributed by atoms with Crippen LogP contribution in [0.2, 0.25) is 0 Å². The molecule has 0 aromatic carbocycles. The molecule has 0 N–H and O–H groups in total. The quantitative estimate of drug-likeness (QED) is 0.743. The third kappa shape index (κ3) is 3.11. The van der Waals surface area contributed by atoms with Gasteiger partial charge in [-0.05, 0) is 31.2 Å². The van der Waals surface area contributed by atoms with E-state index in [2.05, 4.69) is 15.0 Å². The second-order valence-corrected chi connectivity index (χ2v) is 5.22. The van der Waals surface area contributed by atoms with E-state index in [-0.39, 0.29) is 11.9 Å². The summed E-state index contributed by atoms with van der Waals surface area (Å²) in [6.07, 6.45) is 8.47. The van der Waals surface area contributed by atoms with E-state index >= 15 is 0 Å². The van der Waals surface area contributed by atoms with E-state index in [1.807, 2.05) is 25.1 Å². The van der Waals surface area contributed by atoms with E-state index in [0.717, 1.165) is 5.69 Å². The molecule has 23 heavy (non-hydrogen) atoms. The number of hydrogen-bond donors (Lipinski definition) is 0. The molecule has 6 nitrogen and oxygen atoms in total. The van der Waals surface area contributed by atoms with Gasteiger partial charge in [-0.25, -0.2) is 9.97 Å². The highest BCUT2D eigenvalue weighted by molar-refractivity contribution is 5.94. The van der Waals surface area contributed by atoms with E-state index in [4.69, 9.17) is 0 Å². The standard InChI is InChI=1S/C17H17N5O/c1-13(15-5-3-4-7-19-15)21(2)17(23)14-6-8-20-16(11-14)22-10-9-18-12-22/h3-13H,1-2H3/t13-/m0/s1. The summed E-state index contributed by atoms with van der Waals surface area (Å²) in [5.41, 5.74) is 1.43. The highest BCUT2D eigenvalue weighted by atomic mass is 16.2. The van der Waals surface area contributed by atoms with Gasteiger partial charge in [-0.3, -0.25) is 14.3 Å². The Bertz CT molecular complexity index is 786. The van der Waals surface area contributed by atoms with Crippen LogP contribution in [0.25, 0.3) is 5.82 Å². The number of hydrogen-bond acceptors (Lipinski definition) is 4. The van der Waals surface area contributed by atoms with E-state index in [1.54, 1.807) is 59.8 Å². The minimum Gasteiger partial charge on any atom is -0.333 e. The smallest absolute Gasteiger partial charge is 0.254 e. The molecule has 0 unspecified atom stereocenters. The first kappa shape index (κ1) is 14.9. The van der Waals surface area contributed by atoms with Gasteiger partial charge in [0.05, 0.1) is 11.7 Å². The third-order valence-corrected chi connectivity index (χ3v) is 3.78. The first-order valence-electron chi connectivity index (χ1n) is 7.29. The lowest BCUT2D eigenvalue weighted by atomic mass is 10.1. The highest BCUT2D eigenvalue weighted by Crippen LogP contribution is 2.19. The SMILES string of the molecule is C[C@@H](c1ccccn1)N(C)C(=O)c1ccnc(-n2ccnc2)c1. The van der Waals surface area contributed by atoms with Crippen molar-refractivity contribution in [1.29, 1.82) is 0 Å². The molecule has 0 aliphatic rings. The van der Waals surface area contributed by atoms with Crippen molar-refractivity contribution < 1.29 is 4.79 Å². The normalized spacial score (nSPS) is 11.9. The lowest BCUT2D eigenvalue weighted by molar-refractivity contribution is 0.0739. The molecule has 3 rings (SSSR count). The summed E-state index contributed by atoms with van der Waals surface area (Å²) in [5.74, 6) is 0.583. The minimum atomic E-state index is -0.117. The Morgan fingerprint density at radius 1 is 1.17 bits per heavy atom. The Labute approximate surface area is 134 Å². The van der Waals surface area contributed by atoms with Crippen molar-refractivity contribution in [3.8, 4) is 5.82 Å². The van der Waals surface area contributed by atoms with Gasteiger partial charge in [0.2, 0.25) is 0 Å². The molecule has 0 aliphatic carbocycles. The van der Waals surface area contributed by atoms with Gasteiger partial charge in [0.15, 0.2) is 0 Å². The van der Waals surface area contributed by atoms with Gasteiger partial charge in [-0.1, -0.05) is 6.07 Å². The zero-order valence-electron chi connectivity index (χ0n) is 13.0. The van der Waals surface area contributed by atoms with Crippen LogP contribution in [0.5, 0.6) is 0 Å². The summed E-state index contributed by atoms with van der Waals surface area (Å²) in [7, 11) is 1.78. The molecule has 0 bridgehead atoms. The zero-order valence-corrected chi connectivity index (χ0v) is 13.0. The largest absolute Gasteiger partial charge is 0.333 e. The van der Waals surface area contributed by atoms with Crippen LogP contribution in [-0.2, 0) is 0 Å². The van der Waals surface area contributed by atoms with Crippen molar-refractivity contribution >= 4 is 5.91 Å². The molecule has 0 radical (unpaired) electrons. The lowest BCUT2D eigenvalue weighted by Crippen LogP contribution is -2.30. The van der Waals surface area contributed by atoms with Crippen LogP contribution in [-0.4, -0.2) is 37.4 Å². The first-order valence-corrected chi connectivity index (χ1v) is 7.29. The molecule has 0 aliphatic heterocycles. The van der Waals surface area contributed by atoms with Crippen LogP contribution in [0.1, 0.15) is 29.0 Å². The molecular weight excluding hydrogens is 290 g/mol. The number of amides is 1. The van der Waals surface area contributed by atoms with Crippen LogP contribution < -0.4 is 0 Å². The molecule has 1 atom stereocenters. The molecule has 0 saturated heterocycles. The number of carbonyl (C=O) groups is 1. The summed E-state index contributed by atoms with van der Waals surface area (Å²) in [5, 5.41) is 0. The van der Waals surface area contributed by atoms with Crippen molar-refractivity contribution in [2.24, 2.45) is 0 Å². The van der Waals surface area contributed by atoms with Crippen LogP contribution in [0.4, 0.5) is 0 Å². The van der Waals surface area contributed by atoms with Gasteiger partial charge in [-0.2, -0.15) is 0 Å². The van der Waals surface area contributed by atoms with E-state index in [9.17, 15) is 4.79 Å². The zero-order chi connectivity index (χ0) is 16.2. The van der Waals surface area contributed by atoms with Gasteiger partial charge in [0, 0.05) is 37.4 Å². The maximum Gasteiger partial charge on any atom is 0.254 e. The molecule has 116 valence electrons. The molecule has 0 saturated carbocycles. The van der Waals surface area contributed by atoms with Crippen LogP contribution >= 0.6 is 0 Å². The molecule has 0 spiro atoms. The maximum absolute atomic E-state index is 12.7. The number of imidazole rings is 1. The second kappa shape index (κ2) is 6.39. The van der Waals surface area contributed by atoms with Crippen molar-refractivity contribution in [3.63, 3.8) is 0 Å². The van der Waals surface area contributed by atoms with Gasteiger partial charge < -0.3 is 4.90 Å². The topological polar surface area (TPSA) is 63.9 Å². The predicted molar refractivity (Wildman–Crippen MR) is 86.1 cm³/mol. The molecule has 6 heteroatoms. The summed E-state index contributed by atoms with van der Waals surface area (Å²) >= 11 is 0. The van der Waals surface area contributed by atoms with Crippen molar-refractivity contribution in [2.45, 2.75) is 13.0 Å². The monoisotopic (exact) mass is 307 g/mol. The number of nitrogens with zero attached hydrogens (tertiary/aromatic N) is 5. The average Bonchev–Trinajstić information content (AvgIpc) is 3.15. The lowest BCUT2D eigenvalue weighted by Gasteiger charge is -2.24. The molecule has 0 fully saturated rings. The molecule has 3 heterocycles. The highest BCUT2D eigenvalue weighted by Gasteiger charge is 2.20. The van der Waals surface area contributed by atoms with Crippen LogP contribution in [0, 0.1) is 0 Å². The Hall–Kier alpha value is -3.02. The number of carbonyl (C=O) groups excluding carboxylic acids is 1. The maximum atomic E-state index is 12.7. The van der Waals surface area contributed by atoms with Gasteiger partial charge in [0.1, 0.15) is 12.1 Å². The fraction of sp³-hybridized carbons (Fsp3) is 0.176. The summed E-state index contributed by atoms with van der Waals surface area (Å²) in [4.78, 5) is 27.0. The van der Waals surface area contributed by atoms with Gasteiger partial charge >= 0.3 is 0 Å². The fourth-order valence-corrected chi connectivity index (χ4v) is 2.29. The minimum absolute atomic E-state index is 0.0769. The Morgan fingerprint density at radius 2 is 2.04 bits per heavy atom. The van der Waals surface area contributed by atoms with Gasteiger partial charge in [-0.15, -0.1) is 0 Å². The Kier molecular flexibility index (Phi) is 4.14. The summed E-state index contributed by atoms with van der Waals surface area (Å²) in [6, 6.07) is 9.04. The second-order valence-electron chi connectivity index (χ2n) is 5.22. The molecular formula is C17H17N5O. The molecule has 1 amide bonds. The number of rotatable bonds is 4. The molecule has 3 aromatic rings. The van der Waals surface area contributed by atoms with E-state index in [0.29, 0.717) is 11.4 Å². The van der Waals surface area contributed by atoms with Crippen LogP contribution in [0.3, 0.4) is 0 Å². The van der Waals surface area contributed by atoms with E-state index < -0.39 is 0 Å². The third-order valence-electron chi connectivity index (χ3n) is 3.78. The van der Waals surface area contributed by atoms with Crippen LogP contribution in [0.15, 0.2) is 61.4 Å². The van der Waals surface area contributed by atoms with Crippen molar-refractivity contribution in [3.05, 3.63) is 72.7 Å². The summed E-state index contributed by atoms with van der Waals surface area (Å²) in [6.45, 7) is 1.96. The Balaban J connectivity index is 1.84. The number of aromatic nitrogens is 4. The van der Waals surface area contributed by atoms with Gasteiger partial charge in [0.25, 0.3) is 5.91 Å². The number of pyridine rings is 2. The van der Waals surface area contributed by atoms with E-state index in [1.165, 1.54) is 0 Å². The average molecular weight is 307 g/mol.